The van der Waals surface area contributed by atoms with E-state index < -0.39 is 0 Å². The summed E-state index contributed by atoms with van der Waals surface area (Å²) in [6.07, 6.45) is 4.07. The van der Waals surface area contributed by atoms with E-state index in [9.17, 15) is 0 Å². The molecule has 3 heteroatoms. The number of fused-ring (bicyclic) bond motifs is 1. The third kappa shape index (κ3) is 3.46. The number of furan rings is 1. The summed E-state index contributed by atoms with van der Waals surface area (Å²) in [5.74, 6) is 1.68. The van der Waals surface area contributed by atoms with E-state index in [2.05, 4.69) is 49.1 Å². The molecule has 0 aliphatic heterocycles. The standard InChI is InChI=1S/C21H23NO2/c1-4-22(5-2)18-9-6-16(7-10-18)8-11-20-15-17-14-19(23-3)12-13-21(17)24-20/h6-15H,4-5H2,1-3H3/b11-8+. The first-order valence-corrected chi connectivity index (χ1v) is 8.34. The molecule has 0 unspecified atom stereocenters. The smallest absolute Gasteiger partial charge is 0.135 e. The van der Waals surface area contributed by atoms with Crippen LogP contribution in [0.1, 0.15) is 25.2 Å². The molecule has 0 saturated carbocycles. The lowest BCUT2D eigenvalue weighted by atomic mass is 10.1. The van der Waals surface area contributed by atoms with Gasteiger partial charge in [-0.1, -0.05) is 18.2 Å². The van der Waals surface area contributed by atoms with Crippen LogP contribution < -0.4 is 9.64 Å². The van der Waals surface area contributed by atoms with Crippen LogP contribution in [0.5, 0.6) is 5.75 Å². The van der Waals surface area contributed by atoms with Crippen molar-refractivity contribution in [2.24, 2.45) is 0 Å². The van der Waals surface area contributed by atoms with Gasteiger partial charge >= 0.3 is 0 Å². The highest BCUT2D eigenvalue weighted by Gasteiger charge is 2.03. The van der Waals surface area contributed by atoms with Crippen LogP contribution in [-0.2, 0) is 0 Å². The van der Waals surface area contributed by atoms with Gasteiger partial charge in [0, 0.05) is 24.2 Å². The predicted octanol–water partition coefficient (Wildman–Crippen LogP) is 5.46. The van der Waals surface area contributed by atoms with Crippen LogP contribution in [0, 0.1) is 0 Å². The lowest BCUT2D eigenvalue weighted by molar-refractivity contribution is 0.415. The molecule has 0 atom stereocenters. The van der Waals surface area contributed by atoms with Gasteiger partial charge in [0.25, 0.3) is 0 Å². The van der Waals surface area contributed by atoms with E-state index in [1.54, 1.807) is 7.11 Å². The SMILES string of the molecule is CCN(CC)c1ccc(/C=C/c2cc3cc(OC)ccc3o2)cc1. The minimum atomic E-state index is 0.839. The summed E-state index contributed by atoms with van der Waals surface area (Å²) in [5.41, 5.74) is 3.28. The molecular weight excluding hydrogens is 298 g/mol. The Morgan fingerprint density at radius 1 is 0.958 bits per heavy atom. The van der Waals surface area contributed by atoms with E-state index in [0.717, 1.165) is 41.1 Å². The quantitative estimate of drug-likeness (QED) is 0.603. The highest BCUT2D eigenvalue weighted by atomic mass is 16.5. The third-order valence-corrected chi connectivity index (χ3v) is 4.20. The maximum absolute atomic E-state index is 5.84. The Labute approximate surface area is 143 Å². The monoisotopic (exact) mass is 321 g/mol. The highest BCUT2D eigenvalue weighted by molar-refractivity contribution is 5.83. The van der Waals surface area contributed by atoms with Gasteiger partial charge in [0.05, 0.1) is 7.11 Å². The first-order chi connectivity index (χ1) is 11.7. The molecule has 0 spiro atoms. The average molecular weight is 321 g/mol. The zero-order valence-electron chi connectivity index (χ0n) is 14.5. The molecule has 3 aromatic rings. The second kappa shape index (κ2) is 7.26. The maximum Gasteiger partial charge on any atom is 0.135 e. The predicted molar refractivity (Wildman–Crippen MR) is 102 cm³/mol. The van der Waals surface area contributed by atoms with Gasteiger partial charge in [0.1, 0.15) is 17.1 Å². The summed E-state index contributed by atoms with van der Waals surface area (Å²) in [6.45, 7) is 6.39. The number of ether oxygens (including phenoxy) is 1. The van der Waals surface area contributed by atoms with E-state index in [0.29, 0.717) is 0 Å². The van der Waals surface area contributed by atoms with Crippen LogP contribution in [0.3, 0.4) is 0 Å². The van der Waals surface area contributed by atoms with Gasteiger partial charge in [-0.25, -0.2) is 0 Å². The second-order valence-electron chi connectivity index (χ2n) is 5.65. The van der Waals surface area contributed by atoms with Gasteiger partial charge in [0.2, 0.25) is 0 Å². The Morgan fingerprint density at radius 2 is 1.71 bits per heavy atom. The van der Waals surface area contributed by atoms with Crippen LogP contribution in [0.25, 0.3) is 23.1 Å². The van der Waals surface area contributed by atoms with Crippen LogP contribution in [0.4, 0.5) is 5.69 Å². The maximum atomic E-state index is 5.84. The first-order valence-electron chi connectivity index (χ1n) is 8.34. The molecule has 0 aliphatic rings. The molecule has 0 amide bonds. The fourth-order valence-electron chi connectivity index (χ4n) is 2.81. The Kier molecular flexibility index (Phi) is 4.90. The lowest BCUT2D eigenvalue weighted by Crippen LogP contribution is -2.21. The zero-order valence-corrected chi connectivity index (χ0v) is 14.5. The van der Waals surface area contributed by atoms with Crippen LogP contribution in [0.15, 0.2) is 52.9 Å². The van der Waals surface area contributed by atoms with Crippen molar-refractivity contribution in [1.29, 1.82) is 0 Å². The molecule has 3 nitrogen and oxygen atoms in total. The largest absolute Gasteiger partial charge is 0.497 e. The molecule has 0 saturated heterocycles. The van der Waals surface area contributed by atoms with Gasteiger partial charge in [-0.15, -0.1) is 0 Å². The zero-order chi connectivity index (χ0) is 16.9. The highest BCUT2D eigenvalue weighted by Crippen LogP contribution is 2.25. The van der Waals surface area contributed by atoms with E-state index >= 15 is 0 Å². The molecule has 0 N–H and O–H groups in total. The minimum absolute atomic E-state index is 0.839. The number of hydrogen-bond donors (Lipinski definition) is 0. The molecular formula is C21H23NO2. The van der Waals surface area contributed by atoms with Gasteiger partial charge < -0.3 is 14.1 Å². The summed E-state index contributed by atoms with van der Waals surface area (Å²) in [4.78, 5) is 2.33. The van der Waals surface area contributed by atoms with Gasteiger partial charge in [-0.05, 0) is 61.9 Å². The molecule has 0 aliphatic carbocycles. The Morgan fingerprint density at radius 3 is 2.38 bits per heavy atom. The van der Waals surface area contributed by atoms with Gasteiger partial charge in [-0.2, -0.15) is 0 Å². The van der Waals surface area contributed by atoms with Crippen molar-refractivity contribution in [2.45, 2.75) is 13.8 Å². The topological polar surface area (TPSA) is 25.6 Å². The second-order valence-corrected chi connectivity index (χ2v) is 5.65. The molecule has 1 aromatic heterocycles. The number of hydrogen-bond acceptors (Lipinski definition) is 3. The lowest BCUT2D eigenvalue weighted by Gasteiger charge is -2.20. The molecule has 0 radical (unpaired) electrons. The summed E-state index contributed by atoms with van der Waals surface area (Å²) in [7, 11) is 1.67. The van der Waals surface area contributed by atoms with Crippen LogP contribution in [-0.4, -0.2) is 20.2 Å². The molecule has 24 heavy (non-hydrogen) atoms. The number of rotatable bonds is 6. The van der Waals surface area contributed by atoms with E-state index in [-0.39, 0.29) is 0 Å². The first kappa shape index (κ1) is 16.2. The van der Waals surface area contributed by atoms with Gasteiger partial charge in [0.15, 0.2) is 0 Å². The van der Waals surface area contributed by atoms with Crippen molar-refractivity contribution in [3.63, 3.8) is 0 Å². The van der Waals surface area contributed by atoms with Crippen molar-refractivity contribution < 1.29 is 9.15 Å². The van der Waals surface area contributed by atoms with Crippen LogP contribution >= 0.6 is 0 Å². The number of benzene rings is 2. The number of anilines is 1. The fraction of sp³-hybridized carbons (Fsp3) is 0.238. The average Bonchev–Trinajstić information content (AvgIpc) is 3.04. The van der Waals surface area contributed by atoms with E-state index in [1.165, 1.54) is 5.69 Å². The Balaban J connectivity index is 1.77. The fourth-order valence-corrected chi connectivity index (χ4v) is 2.81. The minimum Gasteiger partial charge on any atom is -0.497 e. The van der Waals surface area contributed by atoms with Crippen LogP contribution in [0.2, 0.25) is 0 Å². The molecule has 3 rings (SSSR count). The van der Waals surface area contributed by atoms with Crippen molar-refractivity contribution in [3.05, 3.63) is 59.9 Å². The van der Waals surface area contributed by atoms with Crippen molar-refractivity contribution in [2.75, 3.05) is 25.1 Å². The van der Waals surface area contributed by atoms with E-state index in [4.69, 9.17) is 9.15 Å². The van der Waals surface area contributed by atoms with Gasteiger partial charge in [-0.3, -0.25) is 0 Å². The van der Waals surface area contributed by atoms with Crippen molar-refractivity contribution in [1.82, 2.24) is 0 Å². The molecule has 1 heterocycles. The van der Waals surface area contributed by atoms with E-state index in [1.807, 2.05) is 30.3 Å². The van der Waals surface area contributed by atoms with Crippen molar-refractivity contribution >= 4 is 28.8 Å². The summed E-state index contributed by atoms with van der Waals surface area (Å²) >= 11 is 0. The molecule has 0 fully saturated rings. The molecule has 124 valence electrons. The molecule has 2 aromatic carbocycles. The normalized spacial score (nSPS) is 11.3. The number of nitrogens with zero attached hydrogens (tertiary/aromatic N) is 1. The summed E-state index contributed by atoms with van der Waals surface area (Å²) < 4.78 is 11.1. The Bertz CT molecular complexity index is 827. The Hall–Kier alpha value is -2.68. The summed E-state index contributed by atoms with van der Waals surface area (Å²) in [5, 5.41) is 1.05. The third-order valence-electron chi connectivity index (χ3n) is 4.20. The van der Waals surface area contributed by atoms with Crippen molar-refractivity contribution in [3.8, 4) is 5.75 Å². The molecule has 0 bridgehead atoms. The summed E-state index contributed by atoms with van der Waals surface area (Å²) in [6, 6.07) is 16.4. The number of methoxy groups -OCH3 is 1.